The van der Waals surface area contributed by atoms with Gasteiger partial charge < -0.3 is 4.42 Å². The maximum absolute atomic E-state index is 4.58. The third kappa shape index (κ3) is 1.29. The molecule has 0 atom stereocenters. The van der Waals surface area contributed by atoms with Crippen LogP contribution in [0, 0.1) is 0 Å². The van der Waals surface area contributed by atoms with Crippen molar-refractivity contribution >= 4 is 0 Å². The first-order chi connectivity index (χ1) is 2.50. The molecule has 1 nitrogen and oxygen atoms in total. The summed E-state index contributed by atoms with van der Waals surface area (Å²) in [7, 11) is 0. The summed E-state index contributed by atoms with van der Waals surface area (Å²) in [5, 5.41) is 0. The van der Waals surface area contributed by atoms with E-state index in [1.54, 1.807) is 12.5 Å². The van der Waals surface area contributed by atoms with Crippen LogP contribution in [0.3, 0.4) is 0 Å². The van der Waals surface area contributed by atoms with Gasteiger partial charge in [0.05, 0.1) is 12.5 Å². The zero-order valence-corrected chi connectivity index (χ0v) is 4.18. The molecule has 30 valence electrons. The van der Waals surface area contributed by atoms with Crippen molar-refractivity contribution in [3.05, 3.63) is 24.7 Å². The van der Waals surface area contributed by atoms with Crippen LogP contribution in [-0.4, -0.2) is 0 Å². The van der Waals surface area contributed by atoms with Gasteiger partial charge in [-0.1, -0.05) is 0 Å². The van der Waals surface area contributed by atoms with Gasteiger partial charge in [-0.05, 0) is 12.1 Å². The van der Waals surface area contributed by atoms with Crippen LogP contribution in [0.2, 0.25) is 0 Å². The molecule has 1 aromatic rings. The standard InChI is InChI=1S/C4H4O.Fe/c1-2-4-5-3-1;/h1-4H;/q;+4. The minimum atomic E-state index is 0. The van der Waals surface area contributed by atoms with E-state index in [2.05, 4.69) is 4.42 Å². The first-order valence-electron chi connectivity index (χ1n) is 1.47. The molecule has 0 saturated heterocycles. The second-order valence-corrected chi connectivity index (χ2v) is 0.793. The van der Waals surface area contributed by atoms with Crippen molar-refractivity contribution in [2.45, 2.75) is 0 Å². The van der Waals surface area contributed by atoms with Gasteiger partial charge in [0.2, 0.25) is 0 Å². The van der Waals surface area contributed by atoms with Crippen LogP contribution in [-0.2, 0) is 17.1 Å². The first kappa shape index (κ1) is 5.80. The van der Waals surface area contributed by atoms with Crippen LogP contribution in [0.1, 0.15) is 0 Å². The van der Waals surface area contributed by atoms with Crippen molar-refractivity contribution in [2.24, 2.45) is 0 Å². The van der Waals surface area contributed by atoms with E-state index in [1.807, 2.05) is 12.1 Å². The molecule has 0 aromatic carbocycles. The molecule has 0 saturated carbocycles. The van der Waals surface area contributed by atoms with Crippen molar-refractivity contribution in [1.29, 1.82) is 0 Å². The van der Waals surface area contributed by atoms with Gasteiger partial charge >= 0.3 is 17.1 Å². The van der Waals surface area contributed by atoms with Crippen molar-refractivity contribution in [1.82, 2.24) is 0 Å². The van der Waals surface area contributed by atoms with Gasteiger partial charge in [-0.15, -0.1) is 0 Å². The molecule has 0 aliphatic heterocycles. The molecule has 0 N–H and O–H groups in total. The summed E-state index contributed by atoms with van der Waals surface area (Å²) in [6.07, 6.45) is 3.25. The van der Waals surface area contributed by atoms with Gasteiger partial charge in [0.15, 0.2) is 0 Å². The van der Waals surface area contributed by atoms with Gasteiger partial charge in [0.1, 0.15) is 0 Å². The molecular formula is C4H4FeO+4. The van der Waals surface area contributed by atoms with E-state index in [0.29, 0.717) is 0 Å². The Morgan fingerprint density at radius 1 is 1.00 bits per heavy atom. The fourth-order valence-corrected chi connectivity index (χ4v) is 0.227. The third-order valence-corrected chi connectivity index (χ3v) is 0.425. The van der Waals surface area contributed by atoms with Gasteiger partial charge in [-0.2, -0.15) is 0 Å². The molecule has 1 aromatic heterocycles. The quantitative estimate of drug-likeness (QED) is 0.474. The summed E-state index contributed by atoms with van der Waals surface area (Å²) >= 11 is 0. The maximum atomic E-state index is 4.58. The summed E-state index contributed by atoms with van der Waals surface area (Å²) in [6, 6.07) is 3.67. The smallest absolute Gasteiger partial charge is 0.473 e. The van der Waals surface area contributed by atoms with E-state index in [0.717, 1.165) is 0 Å². The fourth-order valence-electron chi connectivity index (χ4n) is 0.227. The average molecular weight is 124 g/mol. The molecule has 0 fully saturated rings. The van der Waals surface area contributed by atoms with E-state index in [9.17, 15) is 0 Å². The molecule has 0 spiro atoms. The molecular weight excluding hydrogens is 120 g/mol. The monoisotopic (exact) mass is 124 g/mol. The maximum Gasteiger partial charge on any atom is 4.00 e. The second kappa shape index (κ2) is 3.01. The first-order valence-corrected chi connectivity index (χ1v) is 1.47. The number of hydrogen-bond acceptors (Lipinski definition) is 1. The number of rotatable bonds is 0. The van der Waals surface area contributed by atoms with Crippen LogP contribution in [0.4, 0.5) is 0 Å². The van der Waals surface area contributed by atoms with Gasteiger partial charge in [0.25, 0.3) is 0 Å². The minimum Gasteiger partial charge on any atom is -0.473 e. The molecule has 0 unspecified atom stereocenters. The van der Waals surface area contributed by atoms with Crippen molar-refractivity contribution in [3.8, 4) is 0 Å². The Balaban J connectivity index is 0.000000250. The second-order valence-electron chi connectivity index (χ2n) is 0.793. The summed E-state index contributed by atoms with van der Waals surface area (Å²) < 4.78 is 4.58. The molecule has 0 aliphatic rings. The van der Waals surface area contributed by atoms with Gasteiger partial charge in [-0.3, -0.25) is 0 Å². The van der Waals surface area contributed by atoms with Crippen molar-refractivity contribution in [2.75, 3.05) is 0 Å². The molecule has 0 amide bonds. The summed E-state index contributed by atoms with van der Waals surface area (Å²) in [6.45, 7) is 0. The third-order valence-electron chi connectivity index (χ3n) is 0.425. The number of hydrogen-bond donors (Lipinski definition) is 0. The average Bonchev–Trinajstić information content (AvgIpc) is 1.76. The van der Waals surface area contributed by atoms with Crippen LogP contribution in [0.5, 0.6) is 0 Å². The predicted octanol–water partition coefficient (Wildman–Crippen LogP) is 1.28. The zero-order chi connectivity index (χ0) is 3.54. The Kier molecular flexibility index (Phi) is 2.91. The molecule has 0 aliphatic carbocycles. The topological polar surface area (TPSA) is 13.1 Å². The Hall–Kier alpha value is -0.201. The Morgan fingerprint density at radius 2 is 1.50 bits per heavy atom. The molecule has 6 heavy (non-hydrogen) atoms. The van der Waals surface area contributed by atoms with E-state index in [4.69, 9.17) is 0 Å². The molecule has 0 bridgehead atoms. The van der Waals surface area contributed by atoms with E-state index in [-0.39, 0.29) is 17.1 Å². The van der Waals surface area contributed by atoms with E-state index >= 15 is 0 Å². The van der Waals surface area contributed by atoms with Crippen molar-refractivity contribution in [3.63, 3.8) is 0 Å². The Bertz CT molecular complexity index is 64.0. The summed E-state index contributed by atoms with van der Waals surface area (Å²) in [5.41, 5.74) is 0. The SMILES string of the molecule is [Fe+4].c1ccoc1. The van der Waals surface area contributed by atoms with Gasteiger partial charge in [0, 0.05) is 0 Å². The normalized spacial score (nSPS) is 6.67. The Labute approximate surface area is 46.8 Å². The Morgan fingerprint density at radius 3 is 1.67 bits per heavy atom. The molecule has 1 rings (SSSR count). The van der Waals surface area contributed by atoms with E-state index in [1.165, 1.54) is 0 Å². The van der Waals surface area contributed by atoms with E-state index < -0.39 is 0 Å². The van der Waals surface area contributed by atoms with Gasteiger partial charge in [-0.25, -0.2) is 0 Å². The number of furan rings is 1. The molecule has 0 radical (unpaired) electrons. The fraction of sp³-hybridized carbons (Fsp3) is 0. The molecule has 2 heteroatoms. The molecule has 1 heterocycles. The van der Waals surface area contributed by atoms with Crippen LogP contribution in [0.15, 0.2) is 29.1 Å². The van der Waals surface area contributed by atoms with Crippen molar-refractivity contribution < 1.29 is 21.5 Å². The summed E-state index contributed by atoms with van der Waals surface area (Å²) in [4.78, 5) is 0. The predicted molar refractivity (Wildman–Crippen MR) is 18.7 cm³/mol. The van der Waals surface area contributed by atoms with Crippen LogP contribution in [0.25, 0.3) is 0 Å². The van der Waals surface area contributed by atoms with Crippen LogP contribution >= 0.6 is 0 Å². The largest absolute Gasteiger partial charge is 4.00 e. The zero-order valence-electron chi connectivity index (χ0n) is 3.07. The minimum absolute atomic E-state index is 0. The summed E-state index contributed by atoms with van der Waals surface area (Å²) in [5.74, 6) is 0. The van der Waals surface area contributed by atoms with Crippen LogP contribution < -0.4 is 0 Å².